The summed E-state index contributed by atoms with van der Waals surface area (Å²) in [4.78, 5) is 12.2. The second-order valence-electron chi connectivity index (χ2n) is 5.87. The van der Waals surface area contributed by atoms with Gasteiger partial charge in [-0.2, -0.15) is 0 Å². The van der Waals surface area contributed by atoms with E-state index in [2.05, 4.69) is 20.7 Å². The van der Waals surface area contributed by atoms with Crippen LogP contribution in [0.15, 0.2) is 64.1 Å². The molecule has 1 amide bonds. The number of sulfonamides is 1. The van der Waals surface area contributed by atoms with Crippen LogP contribution in [-0.4, -0.2) is 25.5 Å². The highest BCUT2D eigenvalue weighted by molar-refractivity contribution is 9.10. The third-order valence-electron chi connectivity index (χ3n) is 4.00. The fourth-order valence-electron chi connectivity index (χ4n) is 2.78. The Labute approximate surface area is 166 Å². The monoisotopic (exact) mass is 450 g/mol. The van der Waals surface area contributed by atoms with E-state index in [0.717, 1.165) is 10.9 Å². The minimum atomic E-state index is -4.03. The number of fused-ring (bicyclic) bond motifs is 1. The molecule has 0 saturated heterocycles. The van der Waals surface area contributed by atoms with Crippen LogP contribution in [0, 0.1) is 0 Å². The second kappa shape index (κ2) is 8.14. The Balaban J connectivity index is 1.72. The van der Waals surface area contributed by atoms with E-state index in [0.29, 0.717) is 17.6 Å². The molecule has 0 spiro atoms. The smallest absolute Gasteiger partial charge is 0.267 e. The molecular formula is C19H19BrN2O4S. The number of rotatable bonds is 7. The first-order valence-electron chi connectivity index (χ1n) is 8.42. The summed E-state index contributed by atoms with van der Waals surface area (Å²) in [6, 6.07) is 14.4. The lowest BCUT2D eigenvalue weighted by molar-refractivity contribution is -0.119. The van der Waals surface area contributed by atoms with Gasteiger partial charge >= 0.3 is 0 Å². The van der Waals surface area contributed by atoms with Crippen molar-refractivity contribution < 1.29 is 17.9 Å². The van der Waals surface area contributed by atoms with Gasteiger partial charge in [0.15, 0.2) is 0 Å². The van der Waals surface area contributed by atoms with Crippen molar-refractivity contribution in [2.45, 2.75) is 24.8 Å². The highest BCUT2D eigenvalue weighted by Crippen LogP contribution is 2.27. The minimum Gasteiger partial charge on any atom is -0.492 e. The van der Waals surface area contributed by atoms with Crippen LogP contribution in [-0.2, 0) is 21.4 Å². The summed E-state index contributed by atoms with van der Waals surface area (Å²) in [6.07, 6.45) is 1.92. The molecule has 0 fully saturated rings. The molecule has 0 aliphatic carbocycles. The Morgan fingerprint density at radius 2 is 1.96 bits per heavy atom. The maximum absolute atomic E-state index is 12.6. The maximum atomic E-state index is 12.6. The molecule has 0 saturated carbocycles. The minimum absolute atomic E-state index is 0.0376. The van der Waals surface area contributed by atoms with Gasteiger partial charge < -0.3 is 9.30 Å². The number of hydrogen-bond donors (Lipinski definition) is 1. The lowest BCUT2D eigenvalue weighted by Gasteiger charge is -2.12. The molecular weight excluding hydrogens is 432 g/mol. The van der Waals surface area contributed by atoms with Crippen LogP contribution in [0.1, 0.15) is 13.3 Å². The average Bonchev–Trinajstić information content (AvgIpc) is 3.04. The van der Waals surface area contributed by atoms with Crippen molar-refractivity contribution in [1.82, 2.24) is 9.29 Å². The fraction of sp³-hybridized carbons (Fsp3) is 0.211. The third-order valence-corrected chi connectivity index (χ3v) is 5.89. The first-order valence-corrected chi connectivity index (χ1v) is 10.7. The lowest BCUT2D eigenvalue weighted by Crippen LogP contribution is -2.31. The molecule has 1 heterocycles. The number of carbonyl (C=O) groups is 1. The van der Waals surface area contributed by atoms with Gasteiger partial charge in [-0.25, -0.2) is 13.1 Å². The van der Waals surface area contributed by atoms with E-state index in [1.165, 1.54) is 6.07 Å². The molecule has 2 aromatic carbocycles. The standard InChI is InChI=1S/C19H19BrN2O4S/c1-2-26-17-8-7-15(20)13-18(17)27(24,25)21-19(23)10-12-22-11-9-14-5-3-4-6-16(14)22/h3-9,11,13H,2,10,12H2,1H3,(H,21,23). The summed E-state index contributed by atoms with van der Waals surface area (Å²) in [5.74, 6) is -0.368. The third kappa shape index (κ3) is 4.51. The number of para-hydroxylation sites is 1. The van der Waals surface area contributed by atoms with Crippen molar-refractivity contribution in [2.24, 2.45) is 0 Å². The summed E-state index contributed by atoms with van der Waals surface area (Å²) >= 11 is 3.25. The molecule has 27 heavy (non-hydrogen) atoms. The van der Waals surface area contributed by atoms with E-state index < -0.39 is 15.9 Å². The van der Waals surface area contributed by atoms with Crippen LogP contribution >= 0.6 is 15.9 Å². The lowest BCUT2D eigenvalue weighted by atomic mass is 10.2. The Hall–Kier alpha value is -2.32. The van der Waals surface area contributed by atoms with Gasteiger partial charge in [0.05, 0.1) is 6.61 Å². The van der Waals surface area contributed by atoms with Crippen molar-refractivity contribution in [3.63, 3.8) is 0 Å². The molecule has 3 aromatic rings. The molecule has 0 radical (unpaired) electrons. The Kier molecular flexibility index (Phi) is 5.86. The molecule has 6 nitrogen and oxygen atoms in total. The van der Waals surface area contributed by atoms with Crippen LogP contribution in [0.2, 0.25) is 0 Å². The molecule has 1 aromatic heterocycles. The van der Waals surface area contributed by atoms with Gasteiger partial charge in [-0.05, 0) is 42.6 Å². The van der Waals surface area contributed by atoms with Gasteiger partial charge in [0.1, 0.15) is 10.6 Å². The Morgan fingerprint density at radius 3 is 2.74 bits per heavy atom. The van der Waals surface area contributed by atoms with Crippen molar-refractivity contribution in [3.05, 3.63) is 59.2 Å². The number of aromatic nitrogens is 1. The Morgan fingerprint density at radius 1 is 1.19 bits per heavy atom. The average molecular weight is 451 g/mol. The van der Waals surface area contributed by atoms with E-state index in [4.69, 9.17) is 4.74 Å². The molecule has 142 valence electrons. The largest absolute Gasteiger partial charge is 0.492 e. The first kappa shape index (κ1) is 19.4. The number of nitrogens with one attached hydrogen (secondary N) is 1. The predicted molar refractivity (Wildman–Crippen MR) is 107 cm³/mol. The highest BCUT2D eigenvalue weighted by Gasteiger charge is 2.22. The number of halogens is 1. The topological polar surface area (TPSA) is 77.4 Å². The molecule has 0 unspecified atom stereocenters. The van der Waals surface area contributed by atoms with Crippen LogP contribution in [0.4, 0.5) is 0 Å². The maximum Gasteiger partial charge on any atom is 0.267 e. The summed E-state index contributed by atoms with van der Waals surface area (Å²) in [6.45, 7) is 2.46. The number of benzene rings is 2. The zero-order valence-corrected chi connectivity index (χ0v) is 17.1. The summed E-state index contributed by atoms with van der Waals surface area (Å²) < 4.78 is 35.3. The van der Waals surface area contributed by atoms with Gasteiger partial charge in [0.2, 0.25) is 5.91 Å². The quantitative estimate of drug-likeness (QED) is 0.595. The van der Waals surface area contributed by atoms with Crippen molar-refractivity contribution in [3.8, 4) is 5.75 Å². The fourth-order valence-corrected chi connectivity index (χ4v) is 4.48. The number of carbonyl (C=O) groups excluding carboxylic acids is 1. The van der Waals surface area contributed by atoms with Crippen LogP contribution in [0.5, 0.6) is 5.75 Å². The number of ether oxygens (including phenoxy) is 1. The number of aryl methyl sites for hydroxylation is 1. The summed E-state index contributed by atoms with van der Waals surface area (Å²) in [5.41, 5.74) is 0.999. The second-order valence-corrected chi connectivity index (χ2v) is 8.44. The van der Waals surface area contributed by atoms with Gasteiger partial charge in [0.25, 0.3) is 10.0 Å². The summed E-state index contributed by atoms with van der Waals surface area (Å²) in [5, 5.41) is 1.07. The molecule has 1 N–H and O–H groups in total. The van der Waals surface area contributed by atoms with Gasteiger partial charge in [-0.15, -0.1) is 0 Å². The SMILES string of the molecule is CCOc1ccc(Br)cc1S(=O)(=O)NC(=O)CCn1ccc2ccccc21. The van der Waals surface area contributed by atoms with E-state index >= 15 is 0 Å². The van der Waals surface area contributed by atoms with Gasteiger partial charge in [-0.1, -0.05) is 34.1 Å². The van der Waals surface area contributed by atoms with Gasteiger partial charge in [0, 0.05) is 29.2 Å². The van der Waals surface area contributed by atoms with Crippen LogP contribution < -0.4 is 9.46 Å². The summed E-state index contributed by atoms with van der Waals surface area (Å²) in [7, 11) is -4.03. The van der Waals surface area contributed by atoms with E-state index in [9.17, 15) is 13.2 Å². The molecule has 3 rings (SSSR count). The van der Waals surface area contributed by atoms with E-state index in [-0.39, 0.29) is 17.1 Å². The normalized spacial score (nSPS) is 11.5. The van der Waals surface area contributed by atoms with E-state index in [1.54, 1.807) is 19.1 Å². The number of amides is 1. The molecule has 8 heteroatoms. The molecule has 0 aliphatic rings. The van der Waals surface area contributed by atoms with Crippen molar-refractivity contribution >= 4 is 42.8 Å². The predicted octanol–water partition coefficient (Wildman–Crippen LogP) is 3.70. The first-order chi connectivity index (χ1) is 12.9. The van der Waals surface area contributed by atoms with E-state index in [1.807, 2.05) is 41.1 Å². The zero-order valence-electron chi connectivity index (χ0n) is 14.7. The molecule has 0 bridgehead atoms. The number of hydrogen-bond acceptors (Lipinski definition) is 4. The zero-order chi connectivity index (χ0) is 19.4. The van der Waals surface area contributed by atoms with Gasteiger partial charge in [-0.3, -0.25) is 4.79 Å². The number of nitrogens with zero attached hydrogens (tertiary/aromatic N) is 1. The Bertz CT molecular complexity index is 1080. The van der Waals surface area contributed by atoms with Crippen LogP contribution in [0.3, 0.4) is 0 Å². The van der Waals surface area contributed by atoms with Crippen molar-refractivity contribution in [2.75, 3.05) is 6.61 Å². The van der Waals surface area contributed by atoms with Crippen LogP contribution in [0.25, 0.3) is 10.9 Å². The molecule has 0 aliphatic heterocycles. The molecule has 0 atom stereocenters. The highest BCUT2D eigenvalue weighted by atomic mass is 79.9. The van der Waals surface area contributed by atoms with Crippen molar-refractivity contribution in [1.29, 1.82) is 0 Å².